The van der Waals surface area contributed by atoms with Gasteiger partial charge in [0.05, 0.1) is 0 Å². The number of hydrogen-bond donors (Lipinski definition) is 2. The predicted molar refractivity (Wildman–Crippen MR) is 104 cm³/mol. The Morgan fingerprint density at radius 1 is 1.32 bits per heavy atom. The smallest absolute Gasteiger partial charge is 0.223 e. The number of nitrogens with two attached hydrogens (primary N) is 1. The van der Waals surface area contributed by atoms with E-state index >= 15 is 0 Å². The summed E-state index contributed by atoms with van der Waals surface area (Å²) in [5.74, 6) is 0.364. The molecule has 0 aliphatic carbocycles. The van der Waals surface area contributed by atoms with Crippen LogP contribution in [0.3, 0.4) is 0 Å². The number of amides is 1. The molecule has 5 heteroatoms. The minimum absolute atomic E-state index is 0.0904. The van der Waals surface area contributed by atoms with Gasteiger partial charge in [0.1, 0.15) is 0 Å². The first-order valence-electron chi connectivity index (χ1n) is 9.24. The fourth-order valence-electron chi connectivity index (χ4n) is 3.69. The maximum Gasteiger partial charge on any atom is 0.223 e. The van der Waals surface area contributed by atoms with Gasteiger partial charge in [0, 0.05) is 31.2 Å². The molecule has 0 atom stereocenters. The first-order valence-corrected chi connectivity index (χ1v) is 9.24. The normalized spacial score (nSPS) is 17.0. The third-order valence-electron chi connectivity index (χ3n) is 4.80. The van der Waals surface area contributed by atoms with E-state index in [1.165, 1.54) is 5.56 Å². The van der Waals surface area contributed by atoms with Crippen LogP contribution < -0.4 is 11.1 Å². The standard InChI is InChI=1S/C20H34N4O/c1-20(2,15-23(3)4)14-22-19(25)17-8-10-24(11-9-17)13-16-6-5-7-18(21)12-16/h5-7,12,17H,8-11,13-15,21H2,1-4H3,(H,22,25). The minimum atomic E-state index is 0.0904. The van der Waals surface area contributed by atoms with Gasteiger partial charge in [0.15, 0.2) is 0 Å². The number of benzene rings is 1. The molecule has 1 aliphatic heterocycles. The van der Waals surface area contributed by atoms with E-state index in [4.69, 9.17) is 5.73 Å². The van der Waals surface area contributed by atoms with Crippen LogP contribution in [0, 0.1) is 11.3 Å². The molecular formula is C20H34N4O. The lowest BCUT2D eigenvalue weighted by molar-refractivity contribution is -0.127. The number of hydrogen-bond acceptors (Lipinski definition) is 4. The van der Waals surface area contributed by atoms with Gasteiger partial charge in [0.2, 0.25) is 5.91 Å². The molecule has 0 unspecified atom stereocenters. The van der Waals surface area contributed by atoms with Gasteiger partial charge in [0.25, 0.3) is 0 Å². The van der Waals surface area contributed by atoms with Crippen molar-refractivity contribution in [2.45, 2.75) is 33.2 Å². The highest BCUT2D eigenvalue weighted by Gasteiger charge is 2.27. The largest absolute Gasteiger partial charge is 0.399 e. The molecule has 1 aliphatic rings. The van der Waals surface area contributed by atoms with E-state index in [9.17, 15) is 4.79 Å². The molecule has 1 amide bonds. The zero-order valence-electron chi connectivity index (χ0n) is 16.2. The van der Waals surface area contributed by atoms with Crippen LogP contribution in [0.15, 0.2) is 24.3 Å². The van der Waals surface area contributed by atoms with E-state index in [0.29, 0.717) is 0 Å². The molecule has 0 aromatic heterocycles. The zero-order valence-corrected chi connectivity index (χ0v) is 16.2. The Balaban J connectivity index is 1.74. The van der Waals surface area contributed by atoms with Crippen LogP contribution in [0.5, 0.6) is 0 Å². The van der Waals surface area contributed by atoms with Crippen molar-refractivity contribution in [2.24, 2.45) is 11.3 Å². The summed E-state index contributed by atoms with van der Waals surface area (Å²) in [4.78, 5) is 17.1. The molecule has 3 N–H and O–H groups in total. The molecule has 25 heavy (non-hydrogen) atoms. The van der Waals surface area contributed by atoms with Gasteiger partial charge in [-0.1, -0.05) is 26.0 Å². The van der Waals surface area contributed by atoms with E-state index in [1.54, 1.807) is 0 Å². The van der Waals surface area contributed by atoms with E-state index < -0.39 is 0 Å². The fourth-order valence-corrected chi connectivity index (χ4v) is 3.69. The third kappa shape index (κ3) is 6.67. The van der Waals surface area contributed by atoms with Gasteiger partial charge < -0.3 is 16.0 Å². The lowest BCUT2D eigenvalue weighted by Gasteiger charge is -2.33. The van der Waals surface area contributed by atoms with Crippen molar-refractivity contribution in [2.75, 3.05) is 46.0 Å². The van der Waals surface area contributed by atoms with Crippen LogP contribution in [0.4, 0.5) is 5.69 Å². The number of carbonyl (C=O) groups is 1. The van der Waals surface area contributed by atoms with Crippen molar-refractivity contribution in [3.05, 3.63) is 29.8 Å². The number of carbonyl (C=O) groups excluding carboxylic acids is 1. The molecule has 0 bridgehead atoms. The Kier molecular flexibility index (Phi) is 6.85. The summed E-state index contributed by atoms with van der Waals surface area (Å²) in [7, 11) is 4.14. The van der Waals surface area contributed by atoms with Crippen molar-refractivity contribution in [3.8, 4) is 0 Å². The number of nitrogen functional groups attached to an aromatic ring is 1. The quantitative estimate of drug-likeness (QED) is 0.743. The Hall–Kier alpha value is -1.59. The monoisotopic (exact) mass is 346 g/mol. The van der Waals surface area contributed by atoms with Crippen LogP contribution in [-0.4, -0.2) is 56.0 Å². The summed E-state index contributed by atoms with van der Waals surface area (Å²) in [6.45, 7) is 8.93. The van der Waals surface area contributed by atoms with Gasteiger partial charge in [-0.05, 0) is 63.1 Å². The molecule has 1 aromatic rings. The summed E-state index contributed by atoms with van der Waals surface area (Å²) < 4.78 is 0. The van der Waals surface area contributed by atoms with Gasteiger partial charge in [-0.25, -0.2) is 0 Å². The number of nitrogens with one attached hydrogen (secondary N) is 1. The minimum Gasteiger partial charge on any atom is -0.399 e. The molecule has 0 spiro atoms. The Morgan fingerprint density at radius 3 is 2.60 bits per heavy atom. The number of piperidine rings is 1. The SMILES string of the molecule is CN(C)CC(C)(C)CNC(=O)C1CCN(Cc2cccc(N)c2)CC1. The molecule has 2 rings (SSSR count). The van der Waals surface area contributed by atoms with Gasteiger partial charge in [-0.2, -0.15) is 0 Å². The molecule has 0 saturated carbocycles. The molecule has 1 fully saturated rings. The van der Waals surface area contributed by atoms with Crippen LogP contribution >= 0.6 is 0 Å². The summed E-state index contributed by atoms with van der Waals surface area (Å²) in [6, 6.07) is 8.06. The number of likely N-dealkylation sites (tertiary alicyclic amines) is 1. The highest BCUT2D eigenvalue weighted by atomic mass is 16.1. The van der Waals surface area contributed by atoms with Crippen molar-refractivity contribution >= 4 is 11.6 Å². The topological polar surface area (TPSA) is 61.6 Å². The second-order valence-corrected chi connectivity index (χ2v) is 8.42. The highest BCUT2D eigenvalue weighted by Crippen LogP contribution is 2.21. The number of anilines is 1. The van der Waals surface area contributed by atoms with E-state index in [0.717, 1.165) is 51.3 Å². The van der Waals surface area contributed by atoms with Gasteiger partial charge >= 0.3 is 0 Å². The zero-order chi connectivity index (χ0) is 18.4. The van der Waals surface area contributed by atoms with E-state index in [1.807, 2.05) is 18.2 Å². The molecular weight excluding hydrogens is 312 g/mol. The van der Waals surface area contributed by atoms with E-state index in [-0.39, 0.29) is 17.2 Å². The summed E-state index contributed by atoms with van der Waals surface area (Å²) in [6.07, 6.45) is 1.87. The van der Waals surface area contributed by atoms with Crippen molar-refractivity contribution in [1.29, 1.82) is 0 Å². The summed E-state index contributed by atoms with van der Waals surface area (Å²) in [5.41, 5.74) is 8.00. The first-order chi connectivity index (χ1) is 11.7. The molecule has 1 aromatic carbocycles. The second-order valence-electron chi connectivity index (χ2n) is 8.42. The second kappa shape index (κ2) is 8.68. The van der Waals surface area contributed by atoms with E-state index in [2.05, 4.69) is 49.1 Å². The average molecular weight is 347 g/mol. The third-order valence-corrected chi connectivity index (χ3v) is 4.80. The predicted octanol–water partition coefficient (Wildman–Crippen LogP) is 2.18. The highest BCUT2D eigenvalue weighted by molar-refractivity contribution is 5.78. The molecule has 0 radical (unpaired) electrons. The maximum atomic E-state index is 12.5. The number of rotatable bonds is 7. The average Bonchev–Trinajstić information content (AvgIpc) is 2.52. The van der Waals surface area contributed by atoms with Gasteiger partial charge in [-0.15, -0.1) is 0 Å². The molecule has 5 nitrogen and oxygen atoms in total. The Morgan fingerprint density at radius 2 is 2.00 bits per heavy atom. The molecule has 1 heterocycles. The van der Waals surface area contributed by atoms with Crippen LogP contribution in [0.2, 0.25) is 0 Å². The lowest BCUT2D eigenvalue weighted by atomic mass is 9.91. The lowest BCUT2D eigenvalue weighted by Crippen LogP contribution is -2.44. The summed E-state index contributed by atoms with van der Waals surface area (Å²) in [5, 5.41) is 3.17. The Labute approximate surface area is 152 Å². The first kappa shape index (κ1) is 19.7. The van der Waals surface area contributed by atoms with Crippen LogP contribution in [0.25, 0.3) is 0 Å². The Bertz CT molecular complexity index is 563. The van der Waals surface area contributed by atoms with Crippen molar-refractivity contribution in [1.82, 2.24) is 15.1 Å². The number of nitrogens with zero attached hydrogens (tertiary/aromatic N) is 2. The van der Waals surface area contributed by atoms with Gasteiger partial charge in [-0.3, -0.25) is 9.69 Å². The molecule has 140 valence electrons. The maximum absolute atomic E-state index is 12.5. The summed E-state index contributed by atoms with van der Waals surface area (Å²) >= 11 is 0. The van der Waals surface area contributed by atoms with Crippen LogP contribution in [0.1, 0.15) is 32.3 Å². The van der Waals surface area contributed by atoms with Crippen molar-refractivity contribution in [3.63, 3.8) is 0 Å². The fraction of sp³-hybridized carbons (Fsp3) is 0.650. The van der Waals surface area contributed by atoms with Crippen molar-refractivity contribution < 1.29 is 4.79 Å². The van der Waals surface area contributed by atoms with Crippen LogP contribution in [-0.2, 0) is 11.3 Å². The molecule has 1 saturated heterocycles.